The van der Waals surface area contributed by atoms with Gasteiger partial charge in [0.25, 0.3) is 5.56 Å². The van der Waals surface area contributed by atoms with Gasteiger partial charge >= 0.3 is 0 Å². The summed E-state index contributed by atoms with van der Waals surface area (Å²) < 4.78 is 8.24. The summed E-state index contributed by atoms with van der Waals surface area (Å²) in [6, 6.07) is 1.88. The molecule has 6 heteroatoms. The molecule has 0 saturated heterocycles. The number of ether oxygens (including phenoxy) is 1. The van der Waals surface area contributed by atoms with E-state index in [1.807, 2.05) is 11.4 Å². The predicted molar refractivity (Wildman–Crippen MR) is 77.0 cm³/mol. The first kappa shape index (κ1) is 13.5. The second-order valence-corrected chi connectivity index (χ2v) is 5.32. The van der Waals surface area contributed by atoms with E-state index in [9.17, 15) is 4.79 Å². The van der Waals surface area contributed by atoms with Crippen molar-refractivity contribution in [1.82, 2.24) is 9.55 Å². The number of thiophene rings is 1. The van der Waals surface area contributed by atoms with E-state index in [1.54, 1.807) is 4.57 Å². The van der Waals surface area contributed by atoms with Crippen LogP contribution in [-0.2, 0) is 11.3 Å². The first-order valence-corrected chi connectivity index (χ1v) is 7.31. The van der Waals surface area contributed by atoms with Gasteiger partial charge in [-0.05, 0) is 36.5 Å². The van der Waals surface area contributed by atoms with E-state index in [2.05, 4.69) is 11.9 Å². The Balaban J connectivity index is 2.13. The molecule has 0 aliphatic heterocycles. The molecule has 0 aromatic carbocycles. The van der Waals surface area contributed by atoms with Gasteiger partial charge < -0.3 is 9.72 Å². The minimum Gasteiger partial charge on any atom is -0.381 e. The number of hydrogen-bond donors (Lipinski definition) is 1. The van der Waals surface area contributed by atoms with Crippen LogP contribution in [-0.4, -0.2) is 22.8 Å². The normalized spacial score (nSPS) is 11.2. The second kappa shape index (κ2) is 6.26. The van der Waals surface area contributed by atoms with Crippen LogP contribution in [0.15, 0.2) is 16.2 Å². The fourth-order valence-corrected chi connectivity index (χ4v) is 2.83. The maximum Gasteiger partial charge on any atom is 0.272 e. The Kier molecular flexibility index (Phi) is 4.68. The third kappa shape index (κ3) is 2.88. The highest BCUT2D eigenvalue weighted by Gasteiger charge is 2.06. The monoisotopic (exact) mass is 284 g/mol. The van der Waals surface area contributed by atoms with Crippen molar-refractivity contribution in [3.8, 4) is 0 Å². The molecule has 0 aliphatic carbocycles. The van der Waals surface area contributed by atoms with Crippen molar-refractivity contribution in [1.29, 1.82) is 0 Å². The number of aromatic amines is 1. The lowest BCUT2D eigenvalue weighted by molar-refractivity contribution is 0.129. The molecular weight excluding hydrogens is 268 g/mol. The average Bonchev–Trinajstić information content (AvgIpc) is 2.80. The molecule has 2 heterocycles. The zero-order valence-corrected chi connectivity index (χ0v) is 11.9. The molecule has 0 aliphatic rings. The van der Waals surface area contributed by atoms with E-state index >= 15 is 0 Å². The highest BCUT2D eigenvalue weighted by Crippen LogP contribution is 2.13. The Bertz CT molecular complexity index is 627. The molecular formula is C12H16N2O2S2. The molecule has 2 aromatic rings. The van der Waals surface area contributed by atoms with Crippen LogP contribution in [0, 0.1) is 4.77 Å². The Labute approximate surface area is 114 Å². The summed E-state index contributed by atoms with van der Waals surface area (Å²) in [5.74, 6) is 0. The van der Waals surface area contributed by atoms with Crippen molar-refractivity contribution in [3.63, 3.8) is 0 Å². The molecule has 18 heavy (non-hydrogen) atoms. The minimum absolute atomic E-state index is 0.000702. The van der Waals surface area contributed by atoms with Crippen LogP contribution in [0.2, 0.25) is 0 Å². The molecule has 0 bridgehead atoms. The number of hydrogen-bond acceptors (Lipinski definition) is 4. The molecule has 2 aromatic heterocycles. The van der Waals surface area contributed by atoms with Gasteiger partial charge in [0.05, 0.1) is 5.52 Å². The van der Waals surface area contributed by atoms with Crippen LogP contribution in [0.25, 0.3) is 10.2 Å². The predicted octanol–water partition coefficient (Wildman–Crippen LogP) is 2.94. The zero-order valence-electron chi connectivity index (χ0n) is 10.3. The number of rotatable bonds is 6. The molecule has 0 spiro atoms. The Morgan fingerprint density at radius 3 is 3.11 bits per heavy atom. The number of aromatic nitrogens is 2. The van der Waals surface area contributed by atoms with Crippen LogP contribution in [0.4, 0.5) is 0 Å². The molecule has 2 rings (SSSR count). The van der Waals surface area contributed by atoms with Crippen molar-refractivity contribution >= 4 is 33.8 Å². The van der Waals surface area contributed by atoms with Crippen LogP contribution in [0.3, 0.4) is 0 Å². The molecule has 0 amide bonds. The molecule has 0 saturated carbocycles. The summed E-state index contributed by atoms with van der Waals surface area (Å²) in [5.41, 5.74) is 0.827. The number of fused-ring (bicyclic) bond motifs is 1. The Morgan fingerprint density at radius 2 is 2.33 bits per heavy atom. The van der Waals surface area contributed by atoms with Gasteiger partial charge in [0.2, 0.25) is 0 Å². The zero-order chi connectivity index (χ0) is 13.0. The lowest BCUT2D eigenvalue weighted by Gasteiger charge is -2.06. The third-order valence-corrected chi connectivity index (χ3v) is 3.84. The largest absolute Gasteiger partial charge is 0.381 e. The molecule has 0 fully saturated rings. The maximum absolute atomic E-state index is 12.2. The molecule has 1 N–H and O–H groups in total. The SMILES string of the molecule is CCCOCCCn1c(=S)[nH]c2ccsc2c1=O. The molecule has 4 nitrogen and oxygen atoms in total. The van der Waals surface area contributed by atoms with Gasteiger partial charge in [0.15, 0.2) is 4.77 Å². The topological polar surface area (TPSA) is 47.0 Å². The number of H-pyrrole nitrogens is 1. The lowest BCUT2D eigenvalue weighted by Crippen LogP contribution is -2.22. The van der Waals surface area contributed by atoms with Crippen LogP contribution in [0.5, 0.6) is 0 Å². The van der Waals surface area contributed by atoms with Gasteiger partial charge in [-0.25, -0.2) is 0 Å². The van der Waals surface area contributed by atoms with Crippen LogP contribution >= 0.6 is 23.6 Å². The molecule has 0 unspecified atom stereocenters. The van der Waals surface area contributed by atoms with Gasteiger partial charge in [-0.3, -0.25) is 9.36 Å². The summed E-state index contributed by atoms with van der Waals surface area (Å²) in [6.45, 7) is 4.11. The quantitative estimate of drug-likeness (QED) is 0.655. The van der Waals surface area contributed by atoms with Crippen LogP contribution in [0.1, 0.15) is 19.8 Å². The summed E-state index contributed by atoms with van der Waals surface area (Å²) in [6.07, 6.45) is 1.81. The Hall–Kier alpha value is -0.980. The number of nitrogens with zero attached hydrogens (tertiary/aromatic N) is 1. The Morgan fingerprint density at radius 1 is 1.50 bits per heavy atom. The van der Waals surface area contributed by atoms with E-state index in [1.165, 1.54) is 11.3 Å². The van der Waals surface area contributed by atoms with Gasteiger partial charge in [0.1, 0.15) is 4.70 Å². The van der Waals surface area contributed by atoms with Gasteiger partial charge in [-0.15, -0.1) is 11.3 Å². The van der Waals surface area contributed by atoms with Crippen molar-refractivity contribution < 1.29 is 4.74 Å². The van der Waals surface area contributed by atoms with E-state index in [0.29, 0.717) is 17.9 Å². The lowest BCUT2D eigenvalue weighted by atomic mass is 10.4. The smallest absolute Gasteiger partial charge is 0.272 e. The standard InChI is InChI=1S/C12H16N2O2S2/c1-2-6-16-7-3-5-14-11(15)10-9(4-8-18-10)13-12(14)17/h4,8H,2-3,5-7H2,1H3,(H,13,17). The second-order valence-electron chi connectivity index (χ2n) is 4.02. The summed E-state index contributed by atoms with van der Waals surface area (Å²) in [4.78, 5) is 15.3. The summed E-state index contributed by atoms with van der Waals surface area (Å²) in [7, 11) is 0. The van der Waals surface area contributed by atoms with Gasteiger partial charge in [0, 0.05) is 19.8 Å². The summed E-state index contributed by atoms with van der Waals surface area (Å²) >= 11 is 6.65. The molecule has 0 radical (unpaired) electrons. The summed E-state index contributed by atoms with van der Waals surface area (Å²) in [5, 5.41) is 1.89. The van der Waals surface area contributed by atoms with Gasteiger partial charge in [-0.2, -0.15) is 0 Å². The molecule has 0 atom stereocenters. The van der Waals surface area contributed by atoms with E-state index in [0.717, 1.165) is 29.7 Å². The van der Waals surface area contributed by atoms with Gasteiger partial charge in [-0.1, -0.05) is 6.92 Å². The first-order valence-electron chi connectivity index (χ1n) is 6.02. The average molecular weight is 284 g/mol. The van der Waals surface area contributed by atoms with Crippen molar-refractivity contribution in [2.24, 2.45) is 0 Å². The van der Waals surface area contributed by atoms with E-state index < -0.39 is 0 Å². The van der Waals surface area contributed by atoms with E-state index in [4.69, 9.17) is 17.0 Å². The third-order valence-electron chi connectivity index (χ3n) is 2.61. The first-order chi connectivity index (χ1) is 8.74. The fourth-order valence-electron chi connectivity index (χ4n) is 1.75. The minimum atomic E-state index is -0.000702. The van der Waals surface area contributed by atoms with E-state index in [-0.39, 0.29) is 5.56 Å². The molecule has 98 valence electrons. The van der Waals surface area contributed by atoms with Crippen molar-refractivity contribution in [3.05, 3.63) is 26.6 Å². The highest BCUT2D eigenvalue weighted by atomic mass is 32.1. The highest BCUT2D eigenvalue weighted by molar-refractivity contribution is 7.71. The van der Waals surface area contributed by atoms with Crippen LogP contribution < -0.4 is 5.56 Å². The van der Waals surface area contributed by atoms with Crippen molar-refractivity contribution in [2.75, 3.05) is 13.2 Å². The van der Waals surface area contributed by atoms with Crippen molar-refractivity contribution in [2.45, 2.75) is 26.3 Å². The maximum atomic E-state index is 12.2. The fraction of sp³-hybridized carbons (Fsp3) is 0.500. The number of nitrogens with one attached hydrogen (secondary N) is 1.